The van der Waals surface area contributed by atoms with Crippen LogP contribution >= 0.6 is 0 Å². The van der Waals surface area contributed by atoms with E-state index in [2.05, 4.69) is 10.6 Å². The number of rotatable bonds is 11. The summed E-state index contributed by atoms with van der Waals surface area (Å²) < 4.78 is 0. The van der Waals surface area contributed by atoms with Crippen LogP contribution in [0.25, 0.3) is 0 Å². The van der Waals surface area contributed by atoms with E-state index in [0.29, 0.717) is 6.42 Å². The number of hydrogen-bond donors (Lipinski definition) is 5. The lowest BCUT2D eigenvalue weighted by Gasteiger charge is -2.26. The lowest BCUT2D eigenvalue weighted by molar-refractivity contribution is -0.142. The van der Waals surface area contributed by atoms with Crippen molar-refractivity contribution in [2.24, 2.45) is 11.8 Å². The van der Waals surface area contributed by atoms with Crippen molar-refractivity contribution in [1.29, 1.82) is 0 Å². The van der Waals surface area contributed by atoms with Crippen LogP contribution in [0.1, 0.15) is 39.2 Å². The summed E-state index contributed by atoms with van der Waals surface area (Å²) in [6, 6.07) is 7.00. The molecule has 1 rings (SSSR count). The van der Waals surface area contributed by atoms with Crippen molar-refractivity contribution in [1.82, 2.24) is 16.1 Å². The van der Waals surface area contributed by atoms with Gasteiger partial charge in [-0.2, -0.15) is 0 Å². The van der Waals surface area contributed by atoms with Crippen LogP contribution in [-0.2, 0) is 25.6 Å². The number of aliphatic carboxylic acids is 1. The third-order valence-corrected chi connectivity index (χ3v) is 4.77. The minimum absolute atomic E-state index is 0.237. The van der Waals surface area contributed by atoms with E-state index in [1.807, 2.05) is 25.1 Å². The Hall–Kier alpha value is -2.94. The fourth-order valence-electron chi connectivity index (χ4n) is 2.76. The van der Waals surface area contributed by atoms with Crippen LogP contribution in [0.15, 0.2) is 30.3 Å². The Morgan fingerprint density at radius 1 is 1.00 bits per heavy atom. The van der Waals surface area contributed by atoms with Crippen LogP contribution in [0.5, 0.6) is 0 Å². The first-order chi connectivity index (χ1) is 13.7. The SMILES string of the molecule is CC[C@H](C)[C@H](NC(=O)[C@H](CC(=O)NO)Cc1ccccc1)C(=O)N[C@@H](C)C(=O)O. The van der Waals surface area contributed by atoms with E-state index in [4.69, 9.17) is 10.3 Å². The molecule has 0 aliphatic carbocycles. The van der Waals surface area contributed by atoms with Crippen molar-refractivity contribution >= 4 is 23.7 Å². The second-order valence-corrected chi connectivity index (χ2v) is 7.07. The third-order valence-electron chi connectivity index (χ3n) is 4.77. The molecule has 0 saturated carbocycles. The van der Waals surface area contributed by atoms with Crippen LogP contribution < -0.4 is 16.1 Å². The van der Waals surface area contributed by atoms with Gasteiger partial charge in [0.05, 0.1) is 5.92 Å². The zero-order valence-electron chi connectivity index (χ0n) is 16.8. The van der Waals surface area contributed by atoms with Crippen molar-refractivity contribution in [3.63, 3.8) is 0 Å². The second kappa shape index (κ2) is 11.8. The van der Waals surface area contributed by atoms with Crippen molar-refractivity contribution in [2.75, 3.05) is 0 Å². The monoisotopic (exact) mass is 407 g/mol. The Kier molecular flexibility index (Phi) is 9.81. The minimum Gasteiger partial charge on any atom is -0.480 e. The number of amides is 3. The molecule has 5 N–H and O–H groups in total. The molecular formula is C20H29N3O6. The Morgan fingerprint density at radius 3 is 2.14 bits per heavy atom. The number of hydroxylamine groups is 1. The van der Waals surface area contributed by atoms with Gasteiger partial charge in [0.1, 0.15) is 12.1 Å². The summed E-state index contributed by atoms with van der Waals surface area (Å²) in [5, 5.41) is 22.9. The van der Waals surface area contributed by atoms with Gasteiger partial charge in [0.2, 0.25) is 17.7 Å². The number of carbonyl (C=O) groups is 4. The summed E-state index contributed by atoms with van der Waals surface area (Å²) in [6.45, 7) is 4.94. The summed E-state index contributed by atoms with van der Waals surface area (Å²) in [4.78, 5) is 48.1. The Morgan fingerprint density at radius 2 is 1.62 bits per heavy atom. The molecule has 29 heavy (non-hydrogen) atoms. The van der Waals surface area contributed by atoms with Crippen LogP contribution in [0.4, 0.5) is 0 Å². The number of benzene rings is 1. The molecule has 0 aromatic heterocycles. The fourth-order valence-corrected chi connectivity index (χ4v) is 2.76. The number of carboxylic acids is 1. The van der Waals surface area contributed by atoms with Gasteiger partial charge in [-0.15, -0.1) is 0 Å². The smallest absolute Gasteiger partial charge is 0.325 e. The molecule has 0 heterocycles. The van der Waals surface area contributed by atoms with Crippen LogP contribution in [0, 0.1) is 11.8 Å². The van der Waals surface area contributed by atoms with E-state index in [-0.39, 0.29) is 18.8 Å². The van der Waals surface area contributed by atoms with Crippen molar-refractivity contribution in [3.8, 4) is 0 Å². The maximum absolute atomic E-state index is 12.9. The highest BCUT2D eigenvalue weighted by atomic mass is 16.5. The summed E-state index contributed by atoms with van der Waals surface area (Å²) >= 11 is 0. The van der Waals surface area contributed by atoms with Crippen molar-refractivity contribution in [2.45, 2.75) is 52.1 Å². The van der Waals surface area contributed by atoms with E-state index in [1.54, 1.807) is 19.1 Å². The molecule has 0 spiro atoms. The Labute approximate surface area is 169 Å². The molecule has 160 valence electrons. The van der Waals surface area contributed by atoms with Gasteiger partial charge in [-0.1, -0.05) is 50.6 Å². The molecule has 0 bridgehead atoms. The Balaban J connectivity index is 2.99. The molecule has 4 atom stereocenters. The molecule has 0 fully saturated rings. The predicted molar refractivity (Wildman–Crippen MR) is 105 cm³/mol. The summed E-state index contributed by atoms with van der Waals surface area (Å²) in [7, 11) is 0. The van der Waals surface area contributed by atoms with Crippen LogP contribution in [-0.4, -0.2) is 46.1 Å². The van der Waals surface area contributed by atoms with Gasteiger partial charge < -0.3 is 15.7 Å². The quantitative estimate of drug-likeness (QED) is 0.272. The van der Waals surface area contributed by atoms with E-state index in [9.17, 15) is 19.2 Å². The average Bonchev–Trinajstić information content (AvgIpc) is 2.70. The lowest BCUT2D eigenvalue weighted by atomic mass is 9.92. The topological polar surface area (TPSA) is 145 Å². The predicted octanol–water partition coefficient (Wildman–Crippen LogP) is 0.861. The molecule has 3 amide bonds. The molecule has 9 heteroatoms. The summed E-state index contributed by atoms with van der Waals surface area (Å²) in [5.74, 6) is -4.11. The number of nitrogens with one attached hydrogen (secondary N) is 3. The van der Waals surface area contributed by atoms with Gasteiger partial charge in [-0.05, 0) is 24.8 Å². The highest BCUT2D eigenvalue weighted by Gasteiger charge is 2.31. The first-order valence-corrected chi connectivity index (χ1v) is 9.49. The summed E-state index contributed by atoms with van der Waals surface area (Å²) in [6.07, 6.45) is 0.540. The molecule has 0 aliphatic heterocycles. The van der Waals surface area contributed by atoms with E-state index >= 15 is 0 Å². The van der Waals surface area contributed by atoms with Gasteiger partial charge in [-0.3, -0.25) is 24.4 Å². The standard InChI is InChI=1S/C20H29N3O6/c1-4-12(2)17(19(26)21-13(3)20(27)28)22-18(25)15(11-16(24)23-29)10-14-8-6-5-7-9-14/h5-9,12-13,15,17,29H,4,10-11H2,1-3H3,(H,21,26)(H,22,25)(H,23,24)(H,27,28)/t12-,13-,15-,17-/m0/s1. The zero-order chi connectivity index (χ0) is 22.0. The molecule has 0 saturated heterocycles. The molecule has 9 nitrogen and oxygen atoms in total. The number of carboxylic acid groups (broad SMARTS) is 1. The average molecular weight is 407 g/mol. The van der Waals surface area contributed by atoms with Crippen LogP contribution in [0.2, 0.25) is 0 Å². The Bertz CT molecular complexity index is 709. The molecule has 1 aromatic carbocycles. The number of carbonyl (C=O) groups excluding carboxylic acids is 3. The highest BCUT2D eigenvalue weighted by Crippen LogP contribution is 2.15. The maximum atomic E-state index is 12.9. The van der Waals surface area contributed by atoms with E-state index in [1.165, 1.54) is 12.4 Å². The minimum atomic E-state index is -1.19. The fraction of sp³-hybridized carbons (Fsp3) is 0.500. The maximum Gasteiger partial charge on any atom is 0.325 e. The highest BCUT2D eigenvalue weighted by molar-refractivity contribution is 5.92. The zero-order valence-corrected chi connectivity index (χ0v) is 16.8. The molecule has 1 aromatic rings. The second-order valence-electron chi connectivity index (χ2n) is 7.07. The van der Waals surface area contributed by atoms with Gasteiger partial charge in [0.15, 0.2) is 0 Å². The van der Waals surface area contributed by atoms with E-state index in [0.717, 1.165) is 5.56 Å². The van der Waals surface area contributed by atoms with Gasteiger partial charge >= 0.3 is 5.97 Å². The first-order valence-electron chi connectivity index (χ1n) is 9.49. The molecule has 0 aliphatic rings. The number of hydrogen-bond acceptors (Lipinski definition) is 5. The molecular weight excluding hydrogens is 378 g/mol. The lowest BCUT2D eigenvalue weighted by Crippen LogP contribution is -2.54. The van der Waals surface area contributed by atoms with E-state index < -0.39 is 41.7 Å². The first kappa shape index (κ1) is 24.1. The van der Waals surface area contributed by atoms with Crippen LogP contribution in [0.3, 0.4) is 0 Å². The van der Waals surface area contributed by atoms with Crippen molar-refractivity contribution < 1.29 is 29.5 Å². The van der Waals surface area contributed by atoms with Gasteiger partial charge in [-0.25, -0.2) is 5.48 Å². The molecule has 0 radical (unpaired) electrons. The van der Waals surface area contributed by atoms with Gasteiger partial charge in [0.25, 0.3) is 0 Å². The van der Waals surface area contributed by atoms with Gasteiger partial charge in [0, 0.05) is 6.42 Å². The largest absolute Gasteiger partial charge is 0.480 e. The normalized spacial score (nSPS) is 14.8. The third kappa shape index (κ3) is 7.90. The summed E-state index contributed by atoms with van der Waals surface area (Å²) in [5.41, 5.74) is 2.34. The molecule has 0 unspecified atom stereocenters. The van der Waals surface area contributed by atoms with Crippen molar-refractivity contribution in [3.05, 3.63) is 35.9 Å².